The van der Waals surface area contributed by atoms with Crippen molar-refractivity contribution in [3.05, 3.63) is 0 Å². The van der Waals surface area contributed by atoms with E-state index in [1.165, 1.54) is 12.8 Å². The number of ether oxygens (including phenoxy) is 1. The molecule has 3 heteroatoms. The molecule has 0 aromatic heterocycles. The molecule has 3 atom stereocenters. The van der Waals surface area contributed by atoms with Gasteiger partial charge in [0, 0.05) is 0 Å². The third-order valence-corrected chi connectivity index (χ3v) is 4.57. The van der Waals surface area contributed by atoms with E-state index in [9.17, 15) is 9.90 Å². The molecule has 1 N–H and O–H groups in total. The third-order valence-electron chi connectivity index (χ3n) is 4.57. The zero-order chi connectivity index (χ0) is 14.5. The van der Waals surface area contributed by atoms with Crippen LogP contribution in [0.25, 0.3) is 0 Å². The van der Waals surface area contributed by atoms with Crippen LogP contribution < -0.4 is 0 Å². The van der Waals surface area contributed by atoms with Gasteiger partial charge in [0.05, 0.1) is 18.1 Å². The molecule has 1 rings (SSSR count). The molecular formula is C16H30O3. The molecule has 1 aliphatic carbocycles. The minimum absolute atomic E-state index is 0.113. The van der Waals surface area contributed by atoms with Gasteiger partial charge in [0.25, 0.3) is 0 Å². The summed E-state index contributed by atoms with van der Waals surface area (Å²) in [6, 6.07) is 0. The third kappa shape index (κ3) is 4.20. The minimum atomic E-state index is -0.871. The van der Waals surface area contributed by atoms with Gasteiger partial charge in [-0.3, -0.25) is 4.79 Å². The standard InChI is InChI=1S/C16H30O3/c1-5-13-8-7-10-16(18,11-9-13)14(12(3)4)15(17)19-6-2/h12-14,18H,5-11H2,1-4H3. The Morgan fingerprint density at radius 3 is 2.53 bits per heavy atom. The summed E-state index contributed by atoms with van der Waals surface area (Å²) in [6.45, 7) is 8.42. The highest BCUT2D eigenvalue weighted by molar-refractivity contribution is 5.74. The Balaban J connectivity index is 2.84. The Kier molecular flexibility index (Phi) is 6.31. The van der Waals surface area contributed by atoms with Gasteiger partial charge < -0.3 is 9.84 Å². The Hall–Kier alpha value is -0.570. The van der Waals surface area contributed by atoms with Crippen molar-refractivity contribution in [3.8, 4) is 0 Å². The number of carbonyl (C=O) groups is 1. The summed E-state index contributed by atoms with van der Waals surface area (Å²) in [5.41, 5.74) is -0.871. The van der Waals surface area contributed by atoms with Gasteiger partial charge in [-0.15, -0.1) is 0 Å². The maximum absolute atomic E-state index is 12.2. The van der Waals surface area contributed by atoms with Gasteiger partial charge in [-0.05, 0) is 38.0 Å². The second-order valence-corrected chi connectivity index (χ2v) is 6.28. The van der Waals surface area contributed by atoms with Gasteiger partial charge in [-0.1, -0.05) is 40.0 Å². The molecule has 3 unspecified atom stereocenters. The first-order valence-corrected chi connectivity index (χ1v) is 7.83. The zero-order valence-corrected chi connectivity index (χ0v) is 12.9. The van der Waals surface area contributed by atoms with Crippen molar-refractivity contribution in [2.24, 2.45) is 17.8 Å². The summed E-state index contributed by atoms with van der Waals surface area (Å²) in [6.07, 6.45) is 5.83. The maximum Gasteiger partial charge on any atom is 0.312 e. The highest BCUT2D eigenvalue weighted by Gasteiger charge is 2.44. The lowest BCUT2D eigenvalue weighted by atomic mass is 9.75. The average Bonchev–Trinajstić information content (AvgIpc) is 2.51. The molecule has 0 aromatic rings. The largest absolute Gasteiger partial charge is 0.466 e. The summed E-state index contributed by atoms with van der Waals surface area (Å²) in [7, 11) is 0. The van der Waals surface area contributed by atoms with Crippen LogP contribution in [0.1, 0.15) is 66.2 Å². The molecule has 0 amide bonds. The van der Waals surface area contributed by atoms with E-state index < -0.39 is 5.60 Å². The monoisotopic (exact) mass is 270 g/mol. The zero-order valence-electron chi connectivity index (χ0n) is 12.9. The van der Waals surface area contributed by atoms with Crippen molar-refractivity contribution < 1.29 is 14.6 Å². The van der Waals surface area contributed by atoms with Gasteiger partial charge >= 0.3 is 5.97 Å². The number of esters is 1. The molecular weight excluding hydrogens is 240 g/mol. The molecule has 112 valence electrons. The van der Waals surface area contributed by atoms with Crippen molar-refractivity contribution >= 4 is 5.97 Å². The van der Waals surface area contributed by atoms with Crippen LogP contribution in [-0.4, -0.2) is 23.3 Å². The molecule has 1 saturated carbocycles. The van der Waals surface area contributed by atoms with Crippen molar-refractivity contribution in [2.75, 3.05) is 6.61 Å². The summed E-state index contributed by atoms with van der Waals surface area (Å²) >= 11 is 0. The predicted molar refractivity (Wildman–Crippen MR) is 76.8 cm³/mol. The van der Waals surface area contributed by atoms with Crippen LogP contribution >= 0.6 is 0 Å². The van der Waals surface area contributed by atoms with Gasteiger partial charge in [0.15, 0.2) is 0 Å². The molecule has 1 fully saturated rings. The molecule has 0 spiro atoms. The van der Waals surface area contributed by atoms with Crippen molar-refractivity contribution in [1.29, 1.82) is 0 Å². The minimum Gasteiger partial charge on any atom is -0.466 e. The smallest absolute Gasteiger partial charge is 0.312 e. The fraction of sp³-hybridized carbons (Fsp3) is 0.938. The molecule has 0 aromatic carbocycles. The van der Waals surface area contributed by atoms with E-state index in [0.29, 0.717) is 12.5 Å². The molecule has 3 nitrogen and oxygen atoms in total. The highest BCUT2D eigenvalue weighted by Crippen LogP contribution is 2.39. The van der Waals surface area contributed by atoms with Crippen molar-refractivity contribution in [1.82, 2.24) is 0 Å². The summed E-state index contributed by atoms with van der Waals surface area (Å²) < 4.78 is 5.18. The van der Waals surface area contributed by atoms with Gasteiger partial charge in [0.2, 0.25) is 0 Å². The summed E-state index contributed by atoms with van der Waals surface area (Å²) in [5.74, 6) is 0.198. The van der Waals surface area contributed by atoms with Crippen molar-refractivity contribution in [2.45, 2.75) is 71.8 Å². The number of hydrogen-bond acceptors (Lipinski definition) is 3. The summed E-state index contributed by atoms with van der Waals surface area (Å²) in [4.78, 5) is 12.2. The number of carbonyl (C=O) groups excluding carboxylic acids is 1. The van der Waals surface area contributed by atoms with E-state index in [1.807, 2.05) is 20.8 Å². The van der Waals surface area contributed by atoms with E-state index in [-0.39, 0.29) is 17.8 Å². The fourth-order valence-corrected chi connectivity index (χ4v) is 3.48. The molecule has 0 heterocycles. The van der Waals surface area contributed by atoms with Crippen LogP contribution in [0.2, 0.25) is 0 Å². The maximum atomic E-state index is 12.2. The lowest BCUT2D eigenvalue weighted by Gasteiger charge is -2.36. The van der Waals surface area contributed by atoms with Crippen LogP contribution in [0, 0.1) is 17.8 Å². The second kappa shape index (κ2) is 7.28. The Bertz CT molecular complexity index is 288. The Labute approximate surface area is 117 Å². The van der Waals surface area contributed by atoms with Crippen molar-refractivity contribution in [3.63, 3.8) is 0 Å². The molecule has 0 aliphatic heterocycles. The highest BCUT2D eigenvalue weighted by atomic mass is 16.5. The van der Waals surface area contributed by atoms with Crippen LogP contribution in [0.5, 0.6) is 0 Å². The quantitative estimate of drug-likeness (QED) is 0.614. The topological polar surface area (TPSA) is 46.5 Å². The van der Waals surface area contributed by atoms with E-state index in [1.54, 1.807) is 0 Å². The van der Waals surface area contributed by atoms with Gasteiger partial charge in [-0.25, -0.2) is 0 Å². The number of rotatable bonds is 5. The molecule has 0 radical (unpaired) electrons. The predicted octanol–water partition coefficient (Wildman–Crippen LogP) is 3.54. The van der Waals surface area contributed by atoms with E-state index in [4.69, 9.17) is 4.74 Å². The van der Waals surface area contributed by atoms with Crippen LogP contribution in [0.15, 0.2) is 0 Å². The molecule has 0 bridgehead atoms. The molecule has 19 heavy (non-hydrogen) atoms. The lowest BCUT2D eigenvalue weighted by Crippen LogP contribution is -2.45. The van der Waals surface area contributed by atoms with Gasteiger partial charge in [0.1, 0.15) is 0 Å². The van der Waals surface area contributed by atoms with Crippen LogP contribution in [0.4, 0.5) is 0 Å². The second-order valence-electron chi connectivity index (χ2n) is 6.28. The normalized spacial score (nSPS) is 29.9. The fourth-order valence-electron chi connectivity index (χ4n) is 3.48. The van der Waals surface area contributed by atoms with E-state index in [2.05, 4.69) is 6.92 Å². The Morgan fingerprint density at radius 2 is 2.00 bits per heavy atom. The SMILES string of the molecule is CCOC(=O)C(C(C)C)C1(O)CCCC(CC)CC1. The number of hydrogen-bond donors (Lipinski definition) is 1. The molecule has 1 aliphatic rings. The Morgan fingerprint density at radius 1 is 1.32 bits per heavy atom. The molecule has 0 saturated heterocycles. The first kappa shape index (κ1) is 16.5. The first-order valence-electron chi connectivity index (χ1n) is 7.83. The lowest BCUT2D eigenvalue weighted by molar-refractivity contribution is -0.163. The van der Waals surface area contributed by atoms with E-state index in [0.717, 1.165) is 25.7 Å². The number of aliphatic hydroxyl groups is 1. The summed E-state index contributed by atoms with van der Waals surface area (Å²) in [5, 5.41) is 11.0. The van der Waals surface area contributed by atoms with Crippen LogP contribution in [-0.2, 0) is 9.53 Å². The van der Waals surface area contributed by atoms with Gasteiger partial charge in [-0.2, -0.15) is 0 Å². The van der Waals surface area contributed by atoms with E-state index >= 15 is 0 Å². The average molecular weight is 270 g/mol. The first-order chi connectivity index (χ1) is 8.94. The van der Waals surface area contributed by atoms with Crippen LogP contribution in [0.3, 0.4) is 0 Å².